The summed E-state index contributed by atoms with van der Waals surface area (Å²) in [5, 5.41) is 2.80. The molecule has 19 heavy (non-hydrogen) atoms. The fourth-order valence-electron chi connectivity index (χ4n) is 2.17. The molecule has 1 aromatic rings. The Morgan fingerprint density at radius 3 is 2.95 bits per heavy atom. The Bertz CT molecular complexity index is 528. The van der Waals surface area contributed by atoms with Crippen molar-refractivity contribution in [1.29, 1.82) is 0 Å². The van der Waals surface area contributed by atoms with Gasteiger partial charge in [0.2, 0.25) is 0 Å². The molecular formula is C13H20N2O3S. The molecule has 0 bridgehead atoms. The highest BCUT2D eigenvalue weighted by Gasteiger charge is 2.31. The molecule has 1 fully saturated rings. The minimum Gasteiger partial charge on any atom is -0.487 e. The van der Waals surface area contributed by atoms with Crippen LogP contribution in [0.1, 0.15) is 26.7 Å². The van der Waals surface area contributed by atoms with Crippen molar-refractivity contribution in [1.82, 2.24) is 4.98 Å². The number of hydrogen-bond acceptors (Lipinski definition) is 5. The lowest BCUT2D eigenvalue weighted by molar-refractivity contribution is 0.243. The first kappa shape index (κ1) is 14.1. The second-order valence-corrected chi connectivity index (χ2v) is 7.43. The molecule has 0 aromatic carbocycles. The average Bonchev–Trinajstić information content (AvgIpc) is 2.67. The highest BCUT2D eigenvalue weighted by molar-refractivity contribution is 7.92. The number of pyridine rings is 1. The third kappa shape index (κ3) is 3.59. The Morgan fingerprint density at radius 2 is 2.32 bits per heavy atom. The van der Waals surface area contributed by atoms with Gasteiger partial charge in [-0.05, 0) is 38.8 Å². The molecule has 1 aliphatic rings. The molecule has 6 heteroatoms. The monoisotopic (exact) mass is 284 g/mol. The maximum Gasteiger partial charge on any atom is 0.168 e. The van der Waals surface area contributed by atoms with Crippen LogP contribution in [0.2, 0.25) is 0 Å². The number of ether oxygens (including phenoxy) is 1. The zero-order chi connectivity index (χ0) is 13.9. The van der Waals surface area contributed by atoms with Gasteiger partial charge in [-0.15, -0.1) is 0 Å². The average molecular weight is 284 g/mol. The van der Waals surface area contributed by atoms with Gasteiger partial charge in [0, 0.05) is 12.7 Å². The first-order chi connectivity index (χ1) is 8.99. The van der Waals surface area contributed by atoms with E-state index in [9.17, 15) is 8.42 Å². The lowest BCUT2D eigenvalue weighted by Gasteiger charge is -2.16. The quantitative estimate of drug-likeness (QED) is 0.894. The number of anilines is 1. The number of aromatic nitrogens is 1. The smallest absolute Gasteiger partial charge is 0.168 e. The van der Waals surface area contributed by atoms with Crippen LogP contribution in [0.15, 0.2) is 18.3 Å². The van der Waals surface area contributed by atoms with Crippen LogP contribution in [0.25, 0.3) is 0 Å². The summed E-state index contributed by atoms with van der Waals surface area (Å²) in [6.07, 6.45) is 3.20. The maximum absolute atomic E-state index is 11.8. The molecule has 106 valence electrons. The third-order valence-corrected chi connectivity index (χ3v) is 5.37. The molecule has 2 rings (SSSR count). The van der Waals surface area contributed by atoms with Crippen molar-refractivity contribution < 1.29 is 13.2 Å². The lowest BCUT2D eigenvalue weighted by atomic mass is 10.2. The molecule has 0 amide bonds. The molecule has 5 nitrogen and oxygen atoms in total. The summed E-state index contributed by atoms with van der Waals surface area (Å²) >= 11 is 0. The van der Waals surface area contributed by atoms with Crippen LogP contribution in [-0.4, -0.2) is 37.1 Å². The van der Waals surface area contributed by atoms with Gasteiger partial charge < -0.3 is 10.1 Å². The number of nitrogens with one attached hydrogen (secondary N) is 1. The minimum atomic E-state index is -2.92. The summed E-state index contributed by atoms with van der Waals surface area (Å²) in [7, 11) is -2.92. The van der Waals surface area contributed by atoms with E-state index in [0.29, 0.717) is 23.9 Å². The van der Waals surface area contributed by atoms with Gasteiger partial charge in [0.05, 0.1) is 17.1 Å². The predicted molar refractivity (Wildman–Crippen MR) is 75.3 cm³/mol. The van der Waals surface area contributed by atoms with Crippen molar-refractivity contribution >= 4 is 15.7 Å². The Balaban J connectivity index is 2.03. The van der Waals surface area contributed by atoms with Gasteiger partial charge in [-0.1, -0.05) is 0 Å². The molecule has 1 saturated heterocycles. The fourth-order valence-corrected chi connectivity index (χ4v) is 3.94. The summed E-state index contributed by atoms with van der Waals surface area (Å²) in [6, 6.07) is 3.63. The van der Waals surface area contributed by atoms with Crippen molar-refractivity contribution in [3.8, 4) is 5.75 Å². The van der Waals surface area contributed by atoms with Gasteiger partial charge in [0.25, 0.3) is 0 Å². The summed E-state index contributed by atoms with van der Waals surface area (Å²) in [4.78, 5) is 4.21. The Labute approximate surface area is 114 Å². The normalized spacial score (nSPS) is 21.5. The van der Waals surface area contributed by atoms with E-state index in [1.165, 1.54) is 0 Å². The molecule has 0 spiro atoms. The highest BCUT2D eigenvalue weighted by atomic mass is 32.2. The highest BCUT2D eigenvalue weighted by Crippen LogP contribution is 2.24. The number of sulfone groups is 1. The van der Waals surface area contributed by atoms with Gasteiger partial charge in [-0.2, -0.15) is 0 Å². The van der Waals surface area contributed by atoms with Crippen LogP contribution in [0, 0.1) is 0 Å². The van der Waals surface area contributed by atoms with Crippen LogP contribution >= 0.6 is 0 Å². The molecule has 1 aliphatic heterocycles. The van der Waals surface area contributed by atoms with E-state index < -0.39 is 9.84 Å². The molecule has 0 aliphatic carbocycles. The molecule has 0 saturated carbocycles. The standard InChI is InChI=1S/C13H20N2O3S/c1-10(2)18-12-6-3-7-14-13(12)15-9-11-5-4-8-19(11,16)17/h3,6-7,10-11H,4-5,8-9H2,1-2H3,(H,14,15). The number of hydrogen-bond donors (Lipinski definition) is 1. The summed E-state index contributed by atoms with van der Waals surface area (Å²) < 4.78 is 29.1. The second-order valence-electron chi connectivity index (χ2n) is 5.03. The van der Waals surface area contributed by atoms with E-state index in [0.717, 1.165) is 12.8 Å². The molecule has 1 atom stereocenters. The van der Waals surface area contributed by atoms with Gasteiger partial charge in [-0.25, -0.2) is 13.4 Å². The molecular weight excluding hydrogens is 264 g/mol. The molecule has 2 heterocycles. The molecule has 0 radical (unpaired) electrons. The van der Waals surface area contributed by atoms with Gasteiger partial charge >= 0.3 is 0 Å². The van der Waals surface area contributed by atoms with E-state index in [1.54, 1.807) is 12.3 Å². The third-order valence-electron chi connectivity index (χ3n) is 3.09. The van der Waals surface area contributed by atoms with Crippen molar-refractivity contribution in [2.24, 2.45) is 0 Å². The van der Waals surface area contributed by atoms with Crippen molar-refractivity contribution in [2.45, 2.75) is 38.0 Å². The number of rotatable bonds is 5. The SMILES string of the molecule is CC(C)Oc1cccnc1NCC1CCCS1(=O)=O. The zero-order valence-electron chi connectivity index (χ0n) is 11.3. The van der Waals surface area contributed by atoms with E-state index >= 15 is 0 Å². The number of nitrogens with zero attached hydrogens (tertiary/aromatic N) is 1. The van der Waals surface area contributed by atoms with Crippen LogP contribution in [0.3, 0.4) is 0 Å². The fraction of sp³-hybridized carbons (Fsp3) is 0.615. The lowest BCUT2D eigenvalue weighted by Crippen LogP contribution is -2.25. The second kappa shape index (κ2) is 5.77. The summed E-state index contributed by atoms with van der Waals surface area (Å²) in [5.74, 6) is 1.57. The Kier molecular flexibility index (Phi) is 4.29. The molecule has 1 N–H and O–H groups in total. The van der Waals surface area contributed by atoms with E-state index in [1.807, 2.05) is 19.9 Å². The molecule has 1 aromatic heterocycles. The van der Waals surface area contributed by atoms with Crippen LogP contribution in [0.5, 0.6) is 5.75 Å². The summed E-state index contributed by atoms with van der Waals surface area (Å²) in [5.41, 5.74) is 0. The Hall–Kier alpha value is -1.30. The van der Waals surface area contributed by atoms with Crippen LogP contribution in [-0.2, 0) is 9.84 Å². The van der Waals surface area contributed by atoms with Gasteiger partial charge in [0.15, 0.2) is 21.4 Å². The first-order valence-corrected chi connectivity index (χ1v) is 8.27. The van der Waals surface area contributed by atoms with Crippen molar-refractivity contribution in [3.05, 3.63) is 18.3 Å². The molecule has 1 unspecified atom stereocenters. The minimum absolute atomic E-state index is 0.0555. The topological polar surface area (TPSA) is 68.3 Å². The maximum atomic E-state index is 11.8. The van der Waals surface area contributed by atoms with E-state index in [4.69, 9.17) is 4.74 Å². The van der Waals surface area contributed by atoms with E-state index in [-0.39, 0.29) is 11.4 Å². The largest absolute Gasteiger partial charge is 0.487 e. The van der Waals surface area contributed by atoms with Crippen LogP contribution in [0.4, 0.5) is 5.82 Å². The van der Waals surface area contributed by atoms with Gasteiger partial charge in [-0.3, -0.25) is 0 Å². The zero-order valence-corrected chi connectivity index (χ0v) is 12.1. The van der Waals surface area contributed by atoms with E-state index in [2.05, 4.69) is 10.3 Å². The van der Waals surface area contributed by atoms with Crippen molar-refractivity contribution in [2.75, 3.05) is 17.6 Å². The predicted octanol–water partition coefficient (Wildman–Crippen LogP) is 1.86. The van der Waals surface area contributed by atoms with Crippen LogP contribution < -0.4 is 10.1 Å². The first-order valence-electron chi connectivity index (χ1n) is 6.56. The summed E-state index contributed by atoms with van der Waals surface area (Å²) in [6.45, 7) is 4.28. The Morgan fingerprint density at radius 1 is 1.53 bits per heavy atom. The van der Waals surface area contributed by atoms with Crippen molar-refractivity contribution in [3.63, 3.8) is 0 Å². The van der Waals surface area contributed by atoms with Gasteiger partial charge in [0.1, 0.15) is 0 Å².